The largest absolute Gasteiger partial charge is 0.478 e. The van der Waals surface area contributed by atoms with Crippen LogP contribution in [0.4, 0.5) is 0 Å². The molecule has 0 heterocycles. The van der Waals surface area contributed by atoms with E-state index in [-0.39, 0.29) is 5.34 Å². The number of hydrogen-bond acceptors (Lipinski definition) is 1. The van der Waals surface area contributed by atoms with Gasteiger partial charge in [-0.15, -0.1) is 23.2 Å². The number of carbonyl (C=O) groups is 1. The second kappa shape index (κ2) is 6.62. The molecule has 0 aliphatic carbocycles. The molecule has 0 saturated carbocycles. The highest BCUT2D eigenvalue weighted by atomic mass is 35.6. The predicted molar refractivity (Wildman–Crippen MR) is 44.5 cm³/mol. The summed E-state index contributed by atoms with van der Waals surface area (Å²) in [5.74, 6) is -1.46. The lowest BCUT2D eigenvalue weighted by atomic mass is 10.8. The van der Waals surface area contributed by atoms with Crippen LogP contribution in [0.25, 0.3) is 0 Å². The van der Waals surface area contributed by atoms with Gasteiger partial charge in [0.1, 0.15) is 0 Å². The van der Waals surface area contributed by atoms with E-state index in [2.05, 4.69) is 0 Å². The molecule has 0 fully saturated rings. The van der Waals surface area contributed by atoms with E-state index in [0.29, 0.717) is 0 Å². The first-order valence-corrected chi connectivity index (χ1v) is 3.98. The highest BCUT2D eigenvalue weighted by Crippen LogP contribution is 2.25. The molecule has 0 aromatic carbocycles. The molecule has 0 spiro atoms. The highest BCUT2D eigenvalue weighted by molar-refractivity contribution is 6.75. The van der Waals surface area contributed by atoms with Gasteiger partial charge < -0.3 is 5.11 Å². The molecule has 0 unspecified atom stereocenters. The fourth-order valence-corrected chi connectivity index (χ4v) is 0. The summed E-state index contributed by atoms with van der Waals surface area (Å²) in [4.78, 5) is 9.62. The standard InChI is InChI=1S/C2HCl3O2.CH2Cl2/c3-2(4,5)1(6)7;2-1-3/h(H,6,7);1H2. The van der Waals surface area contributed by atoms with Crippen LogP contribution in [0.2, 0.25) is 0 Å². The number of aliphatic carboxylic acids is 1. The average molecular weight is 248 g/mol. The van der Waals surface area contributed by atoms with Crippen molar-refractivity contribution in [2.75, 3.05) is 5.34 Å². The van der Waals surface area contributed by atoms with Crippen molar-refractivity contribution < 1.29 is 9.90 Å². The van der Waals surface area contributed by atoms with Gasteiger partial charge in [0, 0.05) is 0 Å². The molecule has 62 valence electrons. The Kier molecular flexibility index (Phi) is 8.94. The number of carboxylic acids is 1. The summed E-state index contributed by atoms with van der Waals surface area (Å²) in [6, 6.07) is 0. The van der Waals surface area contributed by atoms with Crippen LogP contribution in [0.15, 0.2) is 0 Å². The van der Waals surface area contributed by atoms with Gasteiger partial charge in [0.05, 0.1) is 5.34 Å². The summed E-state index contributed by atoms with van der Waals surface area (Å²) in [7, 11) is 0. The van der Waals surface area contributed by atoms with Crippen LogP contribution in [0, 0.1) is 0 Å². The smallest absolute Gasteiger partial charge is 0.356 e. The Labute approximate surface area is 82.9 Å². The summed E-state index contributed by atoms with van der Waals surface area (Å²) in [6.45, 7) is 0. The van der Waals surface area contributed by atoms with Crippen LogP contribution in [0.5, 0.6) is 0 Å². The van der Waals surface area contributed by atoms with Crippen molar-refractivity contribution in [2.45, 2.75) is 3.79 Å². The Morgan fingerprint density at radius 3 is 1.40 bits per heavy atom. The minimum Gasteiger partial charge on any atom is -0.478 e. The van der Waals surface area contributed by atoms with Gasteiger partial charge in [-0.2, -0.15) is 0 Å². The van der Waals surface area contributed by atoms with Crippen LogP contribution in [-0.2, 0) is 4.79 Å². The monoisotopic (exact) mass is 246 g/mol. The first-order chi connectivity index (χ1) is 4.36. The molecule has 0 aliphatic rings. The van der Waals surface area contributed by atoms with Crippen LogP contribution in [-0.4, -0.2) is 20.2 Å². The molecule has 0 amide bonds. The second-order valence-corrected chi connectivity index (χ2v) is 3.99. The van der Waals surface area contributed by atoms with E-state index in [9.17, 15) is 4.79 Å². The number of halogens is 5. The van der Waals surface area contributed by atoms with Crippen LogP contribution in [0.1, 0.15) is 0 Å². The molecule has 0 rings (SSSR count). The molecule has 0 aromatic heterocycles. The van der Waals surface area contributed by atoms with Crippen molar-refractivity contribution in [3.63, 3.8) is 0 Å². The van der Waals surface area contributed by atoms with Gasteiger partial charge >= 0.3 is 5.97 Å². The minimum atomic E-state index is -2.17. The minimum absolute atomic E-state index is 0.194. The molecule has 0 aliphatic heterocycles. The Morgan fingerprint density at radius 1 is 1.30 bits per heavy atom. The van der Waals surface area contributed by atoms with E-state index in [4.69, 9.17) is 63.1 Å². The third-order valence-electron chi connectivity index (χ3n) is 0.243. The van der Waals surface area contributed by atoms with Gasteiger partial charge in [0.2, 0.25) is 0 Å². The zero-order chi connectivity index (χ0) is 8.78. The van der Waals surface area contributed by atoms with Crippen LogP contribution < -0.4 is 0 Å². The van der Waals surface area contributed by atoms with E-state index in [0.717, 1.165) is 0 Å². The normalized spacial score (nSPS) is 9.70. The van der Waals surface area contributed by atoms with Crippen molar-refractivity contribution >= 4 is 64.0 Å². The lowest BCUT2D eigenvalue weighted by Crippen LogP contribution is -2.16. The van der Waals surface area contributed by atoms with E-state index in [1.165, 1.54) is 0 Å². The topological polar surface area (TPSA) is 37.3 Å². The Morgan fingerprint density at radius 2 is 1.40 bits per heavy atom. The first-order valence-electron chi connectivity index (χ1n) is 1.78. The fourth-order valence-electron chi connectivity index (χ4n) is 0. The molecule has 2 nitrogen and oxygen atoms in total. The second-order valence-electron chi connectivity index (χ2n) is 0.904. The molecule has 10 heavy (non-hydrogen) atoms. The zero-order valence-electron chi connectivity index (χ0n) is 4.45. The summed E-state index contributed by atoms with van der Waals surface area (Å²) < 4.78 is -2.17. The van der Waals surface area contributed by atoms with Gasteiger partial charge in [0.25, 0.3) is 3.79 Å². The van der Waals surface area contributed by atoms with Gasteiger partial charge in [-0.05, 0) is 0 Å². The molecule has 0 radical (unpaired) electrons. The van der Waals surface area contributed by atoms with Crippen molar-refractivity contribution in [1.29, 1.82) is 0 Å². The van der Waals surface area contributed by atoms with Crippen molar-refractivity contribution in [2.24, 2.45) is 0 Å². The van der Waals surface area contributed by atoms with Gasteiger partial charge in [-0.3, -0.25) is 0 Å². The maximum Gasteiger partial charge on any atom is 0.356 e. The molecular formula is C3H3Cl5O2. The number of carboxylic acid groups (broad SMARTS) is 1. The van der Waals surface area contributed by atoms with Gasteiger partial charge in [0.15, 0.2) is 0 Å². The number of rotatable bonds is 0. The summed E-state index contributed by atoms with van der Waals surface area (Å²) in [5.41, 5.74) is 0. The molecule has 0 bridgehead atoms. The van der Waals surface area contributed by atoms with E-state index < -0.39 is 9.76 Å². The van der Waals surface area contributed by atoms with Crippen molar-refractivity contribution in [3.8, 4) is 0 Å². The molecule has 7 heteroatoms. The maximum atomic E-state index is 9.62. The molecular weight excluding hydrogens is 245 g/mol. The Hall–Kier alpha value is 0.920. The van der Waals surface area contributed by atoms with Crippen molar-refractivity contribution in [1.82, 2.24) is 0 Å². The average Bonchev–Trinajstić information content (AvgIpc) is 1.64. The predicted octanol–water partition coefficient (Wildman–Crippen LogP) is 2.86. The third kappa shape index (κ3) is 11.7. The zero-order valence-corrected chi connectivity index (χ0v) is 8.23. The van der Waals surface area contributed by atoms with Crippen LogP contribution >= 0.6 is 58.0 Å². The van der Waals surface area contributed by atoms with Gasteiger partial charge in [-0.1, -0.05) is 34.8 Å². The SMILES string of the molecule is ClCCl.O=C(O)C(Cl)(Cl)Cl. The van der Waals surface area contributed by atoms with Gasteiger partial charge in [-0.25, -0.2) is 4.79 Å². The highest BCUT2D eigenvalue weighted by Gasteiger charge is 2.29. The lowest BCUT2D eigenvalue weighted by Gasteiger charge is -1.99. The first kappa shape index (κ1) is 13.5. The molecule has 1 N–H and O–H groups in total. The van der Waals surface area contributed by atoms with E-state index >= 15 is 0 Å². The third-order valence-corrected chi connectivity index (χ3v) is 0.728. The summed E-state index contributed by atoms with van der Waals surface area (Å²) >= 11 is 23.9. The maximum absolute atomic E-state index is 9.62. The molecule has 0 atom stereocenters. The quantitative estimate of drug-likeness (QED) is 0.669. The van der Waals surface area contributed by atoms with Crippen LogP contribution in [0.3, 0.4) is 0 Å². The van der Waals surface area contributed by atoms with E-state index in [1.54, 1.807) is 0 Å². The lowest BCUT2D eigenvalue weighted by molar-refractivity contribution is -0.135. The van der Waals surface area contributed by atoms with Crippen molar-refractivity contribution in [3.05, 3.63) is 0 Å². The number of alkyl halides is 5. The fraction of sp³-hybridized carbons (Fsp3) is 0.667. The van der Waals surface area contributed by atoms with E-state index in [1.807, 2.05) is 0 Å². The number of hydrogen-bond donors (Lipinski definition) is 1. The Balaban J connectivity index is 0. The summed E-state index contributed by atoms with van der Waals surface area (Å²) in [6.07, 6.45) is 0. The summed E-state index contributed by atoms with van der Waals surface area (Å²) in [5, 5.41) is 8.05. The Bertz CT molecular complexity index is 97.6. The molecule has 0 saturated heterocycles. The molecule has 0 aromatic rings.